The van der Waals surface area contributed by atoms with Gasteiger partial charge in [-0.3, -0.25) is 9.79 Å². The first kappa shape index (κ1) is 24.4. The zero-order chi connectivity index (χ0) is 19.6. The molecular weight excluding hydrogens is 485 g/mol. The van der Waals surface area contributed by atoms with Gasteiger partial charge in [-0.05, 0) is 38.5 Å². The molecule has 1 amide bonds. The number of rotatable bonds is 8. The molecule has 0 bridgehead atoms. The number of aromatic nitrogens is 1. The Hall–Kier alpha value is -1.68. The lowest BCUT2D eigenvalue weighted by Gasteiger charge is -2.18. The van der Waals surface area contributed by atoms with E-state index in [0.29, 0.717) is 6.54 Å². The highest BCUT2D eigenvalue weighted by Gasteiger charge is 2.11. The average Bonchev–Trinajstić information content (AvgIpc) is 3.11. The van der Waals surface area contributed by atoms with Gasteiger partial charge in [0.2, 0.25) is 0 Å². The fourth-order valence-corrected chi connectivity index (χ4v) is 3.46. The fourth-order valence-electron chi connectivity index (χ4n) is 2.67. The second-order valence-electron chi connectivity index (χ2n) is 6.14. The summed E-state index contributed by atoms with van der Waals surface area (Å²) in [4.78, 5) is 24.0. The predicted octanol–water partition coefficient (Wildman–Crippen LogP) is 3.46. The SMILES string of the molecule is CCN(CC)C(=O)c1ccc(CNC(=NC)NCCc2ncc(C)s2)cc1.I. The maximum absolute atomic E-state index is 12.3. The molecule has 0 aliphatic rings. The first-order valence-corrected chi connectivity index (χ1v) is 10.1. The van der Waals surface area contributed by atoms with Gasteiger partial charge in [0.1, 0.15) is 0 Å². The Morgan fingerprint density at radius 3 is 2.39 bits per heavy atom. The molecule has 0 saturated carbocycles. The van der Waals surface area contributed by atoms with E-state index in [-0.39, 0.29) is 29.9 Å². The van der Waals surface area contributed by atoms with Crippen molar-refractivity contribution in [3.05, 3.63) is 51.5 Å². The summed E-state index contributed by atoms with van der Waals surface area (Å²) in [5.74, 6) is 0.834. The number of nitrogens with one attached hydrogen (secondary N) is 2. The molecule has 2 N–H and O–H groups in total. The number of carbonyl (C=O) groups excluding carboxylic acids is 1. The number of hydrogen-bond acceptors (Lipinski definition) is 4. The number of benzene rings is 1. The second kappa shape index (κ2) is 12.7. The summed E-state index contributed by atoms with van der Waals surface area (Å²) in [6.07, 6.45) is 2.78. The van der Waals surface area contributed by atoms with E-state index in [1.54, 1.807) is 18.4 Å². The van der Waals surface area contributed by atoms with E-state index in [0.717, 1.165) is 48.1 Å². The summed E-state index contributed by atoms with van der Waals surface area (Å²) in [6, 6.07) is 7.74. The van der Waals surface area contributed by atoms with Crippen LogP contribution in [0.1, 0.15) is 39.7 Å². The Kier molecular flexibility index (Phi) is 11.1. The highest BCUT2D eigenvalue weighted by Crippen LogP contribution is 2.11. The first-order chi connectivity index (χ1) is 13.1. The van der Waals surface area contributed by atoms with Crippen LogP contribution in [0, 0.1) is 6.92 Å². The highest BCUT2D eigenvalue weighted by molar-refractivity contribution is 14.0. The number of guanidine groups is 1. The van der Waals surface area contributed by atoms with Crippen molar-refractivity contribution in [1.82, 2.24) is 20.5 Å². The van der Waals surface area contributed by atoms with Gasteiger partial charge in [0.05, 0.1) is 5.01 Å². The van der Waals surface area contributed by atoms with E-state index in [2.05, 4.69) is 27.5 Å². The number of hydrogen-bond donors (Lipinski definition) is 2. The van der Waals surface area contributed by atoms with Crippen LogP contribution in [-0.2, 0) is 13.0 Å². The molecule has 2 aromatic rings. The standard InChI is InChI=1S/C20H29N5OS.HI/c1-5-25(6-2)19(26)17-9-7-16(8-10-17)14-24-20(21-4)22-12-11-18-23-13-15(3)27-18;/h7-10,13H,5-6,11-12,14H2,1-4H3,(H2,21,22,24);1H. The van der Waals surface area contributed by atoms with E-state index in [1.165, 1.54) is 4.88 Å². The number of amides is 1. The quantitative estimate of drug-likeness (QED) is 0.321. The summed E-state index contributed by atoms with van der Waals surface area (Å²) in [5, 5.41) is 7.73. The molecule has 0 aliphatic heterocycles. The van der Waals surface area contributed by atoms with Crippen molar-refractivity contribution in [3.63, 3.8) is 0 Å². The lowest BCUT2D eigenvalue weighted by Crippen LogP contribution is -2.37. The van der Waals surface area contributed by atoms with Crippen LogP contribution in [-0.4, -0.2) is 48.4 Å². The van der Waals surface area contributed by atoms with Gasteiger partial charge < -0.3 is 15.5 Å². The largest absolute Gasteiger partial charge is 0.356 e. The fraction of sp³-hybridized carbons (Fsp3) is 0.450. The molecule has 1 aromatic carbocycles. The summed E-state index contributed by atoms with van der Waals surface area (Å²) < 4.78 is 0. The molecule has 0 atom stereocenters. The van der Waals surface area contributed by atoms with Crippen LogP contribution in [0.5, 0.6) is 0 Å². The Morgan fingerprint density at radius 1 is 1.18 bits per heavy atom. The maximum atomic E-state index is 12.3. The Balaban J connectivity index is 0.00000392. The number of aliphatic imine (C=N–C) groups is 1. The number of halogens is 1. The minimum Gasteiger partial charge on any atom is -0.356 e. The molecule has 0 aliphatic carbocycles. The topological polar surface area (TPSA) is 69.6 Å². The molecule has 6 nitrogen and oxygen atoms in total. The average molecular weight is 515 g/mol. The molecule has 1 aromatic heterocycles. The van der Waals surface area contributed by atoms with Crippen LogP contribution >= 0.6 is 35.3 Å². The number of carbonyl (C=O) groups is 1. The van der Waals surface area contributed by atoms with Crippen molar-refractivity contribution in [2.75, 3.05) is 26.7 Å². The summed E-state index contributed by atoms with van der Waals surface area (Å²) >= 11 is 1.72. The molecule has 0 saturated heterocycles. The maximum Gasteiger partial charge on any atom is 0.253 e. The zero-order valence-corrected chi connectivity index (χ0v) is 20.1. The number of thiazole rings is 1. The van der Waals surface area contributed by atoms with Gasteiger partial charge in [-0.15, -0.1) is 35.3 Å². The molecule has 0 fully saturated rings. The van der Waals surface area contributed by atoms with E-state index in [9.17, 15) is 4.79 Å². The number of aryl methyl sites for hydroxylation is 1. The van der Waals surface area contributed by atoms with Crippen LogP contribution in [0.25, 0.3) is 0 Å². The molecule has 8 heteroatoms. The van der Waals surface area contributed by atoms with Gasteiger partial charge in [-0.25, -0.2) is 4.98 Å². The first-order valence-electron chi connectivity index (χ1n) is 9.31. The zero-order valence-electron chi connectivity index (χ0n) is 17.0. The van der Waals surface area contributed by atoms with Gasteiger partial charge in [0, 0.05) is 56.3 Å². The molecule has 28 heavy (non-hydrogen) atoms. The monoisotopic (exact) mass is 515 g/mol. The minimum atomic E-state index is 0. The second-order valence-corrected chi connectivity index (χ2v) is 7.46. The van der Waals surface area contributed by atoms with E-state index >= 15 is 0 Å². The van der Waals surface area contributed by atoms with Gasteiger partial charge in [0.25, 0.3) is 5.91 Å². The third-order valence-corrected chi connectivity index (χ3v) is 5.21. The van der Waals surface area contributed by atoms with Crippen LogP contribution < -0.4 is 10.6 Å². The van der Waals surface area contributed by atoms with Crippen LogP contribution in [0.4, 0.5) is 0 Å². The van der Waals surface area contributed by atoms with Crippen molar-refractivity contribution >= 4 is 47.2 Å². The van der Waals surface area contributed by atoms with Gasteiger partial charge >= 0.3 is 0 Å². The van der Waals surface area contributed by atoms with Gasteiger partial charge in [-0.2, -0.15) is 0 Å². The molecule has 0 spiro atoms. The van der Waals surface area contributed by atoms with E-state index in [4.69, 9.17) is 0 Å². The Labute approximate surface area is 188 Å². The van der Waals surface area contributed by atoms with Crippen molar-refractivity contribution in [2.45, 2.75) is 33.7 Å². The highest BCUT2D eigenvalue weighted by atomic mass is 127. The lowest BCUT2D eigenvalue weighted by atomic mass is 10.1. The smallest absolute Gasteiger partial charge is 0.253 e. The van der Waals surface area contributed by atoms with E-state index in [1.807, 2.05) is 49.2 Å². The minimum absolute atomic E-state index is 0. The third kappa shape index (κ3) is 7.38. The third-order valence-electron chi connectivity index (χ3n) is 4.24. The van der Waals surface area contributed by atoms with Crippen LogP contribution in [0.3, 0.4) is 0 Å². The lowest BCUT2D eigenvalue weighted by molar-refractivity contribution is 0.0773. The number of nitrogens with zero attached hydrogens (tertiary/aromatic N) is 3. The molecule has 1 heterocycles. The normalized spacial score (nSPS) is 10.9. The van der Waals surface area contributed by atoms with Crippen LogP contribution in [0.2, 0.25) is 0 Å². The summed E-state index contributed by atoms with van der Waals surface area (Å²) in [6.45, 7) is 8.93. The van der Waals surface area contributed by atoms with Crippen molar-refractivity contribution in [2.24, 2.45) is 4.99 Å². The molecule has 0 radical (unpaired) electrons. The Morgan fingerprint density at radius 2 is 1.86 bits per heavy atom. The summed E-state index contributed by atoms with van der Waals surface area (Å²) in [5.41, 5.74) is 1.83. The molecule has 2 rings (SSSR count). The predicted molar refractivity (Wildman–Crippen MR) is 128 cm³/mol. The van der Waals surface area contributed by atoms with Crippen molar-refractivity contribution in [1.29, 1.82) is 0 Å². The van der Waals surface area contributed by atoms with Crippen molar-refractivity contribution in [3.8, 4) is 0 Å². The van der Waals surface area contributed by atoms with E-state index < -0.39 is 0 Å². The van der Waals surface area contributed by atoms with Crippen LogP contribution in [0.15, 0.2) is 35.5 Å². The summed E-state index contributed by atoms with van der Waals surface area (Å²) in [7, 11) is 1.76. The van der Waals surface area contributed by atoms with Crippen molar-refractivity contribution < 1.29 is 4.79 Å². The van der Waals surface area contributed by atoms with Gasteiger partial charge in [-0.1, -0.05) is 12.1 Å². The molecular formula is C20H30IN5OS. The van der Waals surface area contributed by atoms with Gasteiger partial charge in [0.15, 0.2) is 5.96 Å². The molecule has 154 valence electrons. The Bertz CT molecular complexity index is 756. The molecule has 0 unspecified atom stereocenters.